The zero-order chi connectivity index (χ0) is 15.1. The lowest BCUT2D eigenvalue weighted by molar-refractivity contribution is 0.262. The van der Waals surface area contributed by atoms with Crippen LogP contribution >= 0.6 is 0 Å². The van der Waals surface area contributed by atoms with E-state index in [9.17, 15) is 4.79 Å². The number of nitrogens with zero attached hydrogens (tertiary/aromatic N) is 1. The Balaban J connectivity index is 2.05. The molecule has 7 heteroatoms. The summed E-state index contributed by atoms with van der Waals surface area (Å²) in [5.74, 6) is 1.56. The van der Waals surface area contributed by atoms with E-state index in [1.54, 1.807) is 24.3 Å². The maximum atomic E-state index is 11.8. The summed E-state index contributed by atoms with van der Waals surface area (Å²) in [7, 11) is 0. The molecule has 1 aromatic carbocycles. The van der Waals surface area contributed by atoms with E-state index in [0.717, 1.165) is 0 Å². The average molecular weight is 291 g/mol. The molecule has 0 fully saturated rings. The van der Waals surface area contributed by atoms with Crippen molar-refractivity contribution in [3.8, 4) is 11.5 Å². The lowest BCUT2D eigenvalue weighted by Gasteiger charge is -2.13. The highest BCUT2D eigenvalue weighted by molar-refractivity contribution is 5.99. The van der Waals surface area contributed by atoms with Crippen LogP contribution in [0.2, 0.25) is 0 Å². The van der Waals surface area contributed by atoms with Gasteiger partial charge in [0.25, 0.3) is 0 Å². The third-order valence-electron chi connectivity index (χ3n) is 2.48. The fraction of sp³-hybridized carbons (Fsp3) is 0.286. The molecule has 0 aliphatic rings. The summed E-state index contributed by atoms with van der Waals surface area (Å²) >= 11 is 0. The first-order valence-electron chi connectivity index (χ1n) is 6.61. The first kappa shape index (κ1) is 14.7. The Morgan fingerprint density at radius 3 is 2.57 bits per heavy atom. The van der Waals surface area contributed by atoms with E-state index in [1.165, 1.54) is 6.26 Å². The van der Waals surface area contributed by atoms with Gasteiger partial charge in [-0.15, -0.1) is 0 Å². The first-order valence-corrected chi connectivity index (χ1v) is 6.61. The van der Waals surface area contributed by atoms with E-state index in [2.05, 4.69) is 20.3 Å². The number of amides is 2. The van der Waals surface area contributed by atoms with Gasteiger partial charge in [0, 0.05) is 17.8 Å². The summed E-state index contributed by atoms with van der Waals surface area (Å²) in [6.45, 7) is 4.83. The molecule has 0 saturated carbocycles. The minimum absolute atomic E-state index is 0.337. The van der Waals surface area contributed by atoms with Crippen LogP contribution in [0.15, 0.2) is 35.1 Å². The van der Waals surface area contributed by atoms with Crippen LogP contribution in [-0.4, -0.2) is 24.4 Å². The Morgan fingerprint density at radius 2 is 1.90 bits per heavy atom. The minimum Gasteiger partial charge on any atom is -0.490 e. The highest BCUT2D eigenvalue weighted by Gasteiger charge is 2.09. The SMILES string of the molecule is CCOc1ccc(NC(=O)Nc2ccon2)cc1OCC. The summed E-state index contributed by atoms with van der Waals surface area (Å²) in [5, 5.41) is 8.81. The van der Waals surface area contributed by atoms with E-state index < -0.39 is 6.03 Å². The molecule has 2 N–H and O–H groups in total. The van der Waals surface area contributed by atoms with Gasteiger partial charge in [0.15, 0.2) is 17.3 Å². The van der Waals surface area contributed by atoms with Gasteiger partial charge in [-0.1, -0.05) is 5.16 Å². The summed E-state index contributed by atoms with van der Waals surface area (Å²) in [5.41, 5.74) is 0.586. The van der Waals surface area contributed by atoms with Crippen molar-refractivity contribution in [1.29, 1.82) is 0 Å². The van der Waals surface area contributed by atoms with Crippen LogP contribution in [0.3, 0.4) is 0 Å². The summed E-state index contributed by atoms with van der Waals surface area (Å²) in [4.78, 5) is 11.8. The van der Waals surface area contributed by atoms with Crippen LogP contribution in [0, 0.1) is 0 Å². The molecule has 1 heterocycles. The van der Waals surface area contributed by atoms with Crippen LogP contribution in [0.1, 0.15) is 13.8 Å². The molecule has 2 amide bonds. The maximum Gasteiger partial charge on any atom is 0.324 e. The molecule has 7 nitrogen and oxygen atoms in total. The van der Waals surface area contributed by atoms with E-state index in [-0.39, 0.29) is 0 Å². The molecule has 0 aliphatic heterocycles. The number of hydrogen-bond acceptors (Lipinski definition) is 5. The van der Waals surface area contributed by atoms with Crippen LogP contribution in [0.25, 0.3) is 0 Å². The smallest absolute Gasteiger partial charge is 0.324 e. The Labute approximate surface area is 122 Å². The van der Waals surface area contributed by atoms with Crippen LogP contribution in [0.5, 0.6) is 11.5 Å². The Kier molecular flexibility index (Phi) is 5.03. The molecule has 1 aromatic heterocycles. The van der Waals surface area contributed by atoms with Gasteiger partial charge in [0.2, 0.25) is 0 Å². The third kappa shape index (κ3) is 4.13. The zero-order valence-electron chi connectivity index (χ0n) is 11.9. The molecule has 0 spiro atoms. The van der Waals surface area contributed by atoms with Gasteiger partial charge in [0.1, 0.15) is 6.26 Å². The van der Waals surface area contributed by atoms with Gasteiger partial charge in [-0.3, -0.25) is 5.32 Å². The number of nitrogens with one attached hydrogen (secondary N) is 2. The number of ether oxygens (including phenoxy) is 2. The number of anilines is 2. The number of benzene rings is 1. The Bertz CT molecular complexity index is 584. The lowest BCUT2D eigenvalue weighted by Crippen LogP contribution is -2.19. The lowest BCUT2D eigenvalue weighted by atomic mass is 10.2. The molecule has 0 saturated heterocycles. The number of carbonyl (C=O) groups is 1. The molecule has 0 unspecified atom stereocenters. The normalized spacial score (nSPS) is 10.0. The predicted molar refractivity (Wildman–Crippen MR) is 77.9 cm³/mol. The molecular formula is C14H17N3O4. The highest BCUT2D eigenvalue weighted by atomic mass is 16.5. The molecule has 0 aliphatic carbocycles. The fourth-order valence-corrected chi connectivity index (χ4v) is 1.68. The molecule has 2 rings (SSSR count). The van der Waals surface area contributed by atoms with E-state index in [4.69, 9.17) is 9.47 Å². The van der Waals surface area contributed by atoms with E-state index >= 15 is 0 Å². The Hall–Kier alpha value is -2.70. The topological polar surface area (TPSA) is 85.6 Å². The molecular weight excluding hydrogens is 274 g/mol. The van der Waals surface area contributed by atoms with Crippen molar-refractivity contribution >= 4 is 17.5 Å². The van der Waals surface area contributed by atoms with Gasteiger partial charge in [-0.25, -0.2) is 4.79 Å². The minimum atomic E-state index is -0.421. The standard InChI is InChI=1S/C14H17N3O4/c1-3-19-11-6-5-10(9-12(11)20-4-2)15-14(18)16-13-7-8-21-17-13/h5-9H,3-4H2,1-2H3,(H2,15,16,17,18). The molecule has 0 atom stereocenters. The predicted octanol–water partition coefficient (Wildman–Crippen LogP) is 3.12. The largest absolute Gasteiger partial charge is 0.490 e. The van der Waals surface area contributed by atoms with Gasteiger partial charge in [-0.05, 0) is 26.0 Å². The van der Waals surface area contributed by atoms with E-state index in [1.807, 2.05) is 13.8 Å². The fourth-order valence-electron chi connectivity index (χ4n) is 1.68. The maximum absolute atomic E-state index is 11.8. The number of carbonyl (C=O) groups excluding carboxylic acids is 1. The van der Waals surface area contributed by atoms with Gasteiger partial charge in [-0.2, -0.15) is 0 Å². The highest BCUT2D eigenvalue weighted by Crippen LogP contribution is 2.30. The van der Waals surface area contributed by atoms with Gasteiger partial charge in [0.05, 0.1) is 13.2 Å². The molecule has 112 valence electrons. The van der Waals surface area contributed by atoms with Crippen molar-refractivity contribution in [2.75, 3.05) is 23.8 Å². The van der Waals surface area contributed by atoms with E-state index in [0.29, 0.717) is 36.2 Å². The second kappa shape index (κ2) is 7.18. The van der Waals surface area contributed by atoms with Crippen molar-refractivity contribution in [2.45, 2.75) is 13.8 Å². The zero-order valence-corrected chi connectivity index (χ0v) is 11.9. The third-order valence-corrected chi connectivity index (χ3v) is 2.48. The van der Waals surface area contributed by atoms with Crippen molar-refractivity contribution in [1.82, 2.24) is 5.16 Å². The van der Waals surface area contributed by atoms with Crippen molar-refractivity contribution in [2.24, 2.45) is 0 Å². The summed E-state index contributed by atoms with van der Waals surface area (Å²) < 4.78 is 15.6. The van der Waals surface area contributed by atoms with Crippen LogP contribution < -0.4 is 20.1 Å². The van der Waals surface area contributed by atoms with Crippen molar-refractivity contribution in [3.05, 3.63) is 30.5 Å². The van der Waals surface area contributed by atoms with Crippen LogP contribution in [-0.2, 0) is 0 Å². The number of rotatable bonds is 6. The molecule has 2 aromatic rings. The molecule has 0 bridgehead atoms. The van der Waals surface area contributed by atoms with Crippen molar-refractivity contribution < 1.29 is 18.8 Å². The molecule has 21 heavy (non-hydrogen) atoms. The second-order valence-corrected chi connectivity index (χ2v) is 3.99. The monoisotopic (exact) mass is 291 g/mol. The molecule has 0 radical (unpaired) electrons. The van der Waals surface area contributed by atoms with Gasteiger partial charge >= 0.3 is 6.03 Å². The number of hydrogen-bond donors (Lipinski definition) is 2. The van der Waals surface area contributed by atoms with Crippen molar-refractivity contribution in [3.63, 3.8) is 0 Å². The number of aromatic nitrogens is 1. The van der Waals surface area contributed by atoms with Gasteiger partial charge < -0.3 is 19.3 Å². The first-order chi connectivity index (χ1) is 10.2. The Morgan fingerprint density at radius 1 is 1.14 bits per heavy atom. The summed E-state index contributed by atoms with van der Waals surface area (Å²) in [6, 6.07) is 6.31. The average Bonchev–Trinajstić information content (AvgIpc) is 2.95. The second-order valence-electron chi connectivity index (χ2n) is 3.99. The quantitative estimate of drug-likeness (QED) is 0.854. The summed E-state index contributed by atoms with van der Waals surface area (Å²) in [6.07, 6.45) is 1.37. The number of urea groups is 1. The van der Waals surface area contributed by atoms with Crippen LogP contribution in [0.4, 0.5) is 16.3 Å².